The minimum Gasteiger partial charge on any atom is -0.396 e. The van der Waals surface area contributed by atoms with E-state index in [2.05, 4.69) is 46.9 Å². The van der Waals surface area contributed by atoms with E-state index in [-0.39, 0.29) is 6.61 Å². The average molecular weight is 258 g/mol. The molecule has 0 fully saturated rings. The summed E-state index contributed by atoms with van der Waals surface area (Å²) in [6.45, 7) is 3.40. The minimum absolute atomic E-state index is 0.236. The molecule has 0 saturated carbocycles. The summed E-state index contributed by atoms with van der Waals surface area (Å²) in [7, 11) is 0. The smallest absolute Gasteiger partial charge is 0.0949 e. The van der Waals surface area contributed by atoms with Gasteiger partial charge in [0.05, 0.1) is 12.0 Å². The van der Waals surface area contributed by atoms with Crippen LogP contribution in [-0.2, 0) is 19.4 Å². The van der Waals surface area contributed by atoms with Gasteiger partial charge in [-0.25, -0.2) is 4.98 Å². The van der Waals surface area contributed by atoms with E-state index in [0.29, 0.717) is 0 Å². The molecule has 0 bridgehead atoms. The zero-order valence-corrected chi connectivity index (χ0v) is 11.5. The first kappa shape index (κ1) is 13.8. The van der Waals surface area contributed by atoms with E-state index in [1.807, 2.05) is 6.33 Å². The molecule has 0 unspecified atom stereocenters. The van der Waals surface area contributed by atoms with Crippen molar-refractivity contribution in [2.24, 2.45) is 0 Å². The Balaban J connectivity index is 1.79. The monoisotopic (exact) mass is 258 g/mol. The molecule has 2 aromatic rings. The van der Waals surface area contributed by atoms with E-state index < -0.39 is 0 Å². The van der Waals surface area contributed by atoms with Crippen molar-refractivity contribution < 1.29 is 5.11 Å². The van der Waals surface area contributed by atoms with Crippen molar-refractivity contribution in [2.45, 2.75) is 39.2 Å². The van der Waals surface area contributed by atoms with Gasteiger partial charge in [0.25, 0.3) is 0 Å². The van der Waals surface area contributed by atoms with Crippen molar-refractivity contribution in [1.82, 2.24) is 9.55 Å². The third-order valence-electron chi connectivity index (χ3n) is 3.40. The van der Waals surface area contributed by atoms with Gasteiger partial charge in [0, 0.05) is 19.3 Å². The van der Waals surface area contributed by atoms with Crippen LogP contribution >= 0.6 is 0 Å². The lowest BCUT2D eigenvalue weighted by Gasteiger charge is -2.05. The Bertz CT molecular complexity index is 505. The van der Waals surface area contributed by atoms with Gasteiger partial charge in [0.1, 0.15) is 0 Å². The summed E-state index contributed by atoms with van der Waals surface area (Å²) in [6.07, 6.45) is 7.87. The molecule has 1 aromatic heterocycles. The zero-order chi connectivity index (χ0) is 13.5. The molecule has 0 atom stereocenters. The number of hydrogen-bond donors (Lipinski definition) is 1. The number of aromatic nitrogens is 2. The van der Waals surface area contributed by atoms with Gasteiger partial charge in [-0.1, -0.05) is 24.3 Å². The van der Waals surface area contributed by atoms with Crippen LogP contribution in [0.3, 0.4) is 0 Å². The molecule has 0 aliphatic carbocycles. The van der Waals surface area contributed by atoms with Crippen LogP contribution in [0.5, 0.6) is 0 Å². The highest BCUT2D eigenvalue weighted by Crippen LogP contribution is 2.10. The van der Waals surface area contributed by atoms with Gasteiger partial charge in [-0.15, -0.1) is 0 Å². The fourth-order valence-electron chi connectivity index (χ4n) is 2.26. The number of rotatable bonds is 7. The standard InChI is InChI=1S/C16H22N2O/c1-14-6-2-3-7-15(14)8-4-10-18-12-16(17-13-18)9-5-11-19/h2-3,6-7,12-13,19H,4-5,8-11H2,1H3. The van der Waals surface area contributed by atoms with Gasteiger partial charge in [-0.3, -0.25) is 0 Å². The molecule has 1 aromatic carbocycles. The summed E-state index contributed by atoms with van der Waals surface area (Å²) in [4.78, 5) is 4.35. The van der Waals surface area contributed by atoms with Crippen LogP contribution in [0.15, 0.2) is 36.8 Å². The lowest BCUT2D eigenvalue weighted by atomic mass is 10.0. The van der Waals surface area contributed by atoms with Crippen molar-refractivity contribution in [3.63, 3.8) is 0 Å². The minimum atomic E-state index is 0.236. The lowest BCUT2D eigenvalue weighted by molar-refractivity contribution is 0.288. The maximum Gasteiger partial charge on any atom is 0.0949 e. The average Bonchev–Trinajstić information content (AvgIpc) is 2.86. The number of imidazole rings is 1. The van der Waals surface area contributed by atoms with E-state index in [9.17, 15) is 0 Å². The third kappa shape index (κ3) is 4.21. The first-order valence-corrected chi connectivity index (χ1v) is 6.95. The van der Waals surface area contributed by atoms with Gasteiger partial charge in [-0.05, 0) is 43.7 Å². The Kier molecular flexibility index (Phi) is 5.16. The molecular weight excluding hydrogens is 236 g/mol. The van der Waals surface area contributed by atoms with Crippen LogP contribution < -0.4 is 0 Å². The quantitative estimate of drug-likeness (QED) is 0.829. The van der Waals surface area contributed by atoms with Crippen LogP contribution in [0.4, 0.5) is 0 Å². The van der Waals surface area contributed by atoms with Gasteiger partial charge in [-0.2, -0.15) is 0 Å². The summed E-state index contributed by atoms with van der Waals surface area (Å²) < 4.78 is 2.14. The first-order chi connectivity index (χ1) is 9.29. The number of aryl methyl sites for hydroxylation is 4. The van der Waals surface area contributed by atoms with Crippen LogP contribution in [0.25, 0.3) is 0 Å². The number of aliphatic hydroxyl groups is 1. The highest BCUT2D eigenvalue weighted by molar-refractivity contribution is 5.25. The zero-order valence-electron chi connectivity index (χ0n) is 11.5. The summed E-state index contributed by atoms with van der Waals surface area (Å²) >= 11 is 0. The summed E-state index contributed by atoms with van der Waals surface area (Å²) in [5, 5.41) is 8.79. The van der Waals surface area contributed by atoms with Crippen LogP contribution in [-0.4, -0.2) is 21.3 Å². The summed E-state index contributed by atoms with van der Waals surface area (Å²) in [5.74, 6) is 0. The number of hydrogen-bond acceptors (Lipinski definition) is 2. The molecule has 0 saturated heterocycles. The van der Waals surface area contributed by atoms with Gasteiger partial charge in [0.15, 0.2) is 0 Å². The highest BCUT2D eigenvalue weighted by atomic mass is 16.2. The van der Waals surface area contributed by atoms with E-state index in [1.54, 1.807) is 0 Å². The Labute approximate surface area is 114 Å². The number of aliphatic hydroxyl groups excluding tert-OH is 1. The molecule has 1 heterocycles. The fourth-order valence-corrected chi connectivity index (χ4v) is 2.26. The summed E-state index contributed by atoms with van der Waals surface area (Å²) in [6, 6.07) is 8.56. The fraction of sp³-hybridized carbons (Fsp3) is 0.438. The van der Waals surface area contributed by atoms with Crippen molar-refractivity contribution in [1.29, 1.82) is 0 Å². The van der Waals surface area contributed by atoms with Crippen LogP contribution in [0, 0.1) is 6.92 Å². The van der Waals surface area contributed by atoms with E-state index in [0.717, 1.165) is 37.9 Å². The maximum absolute atomic E-state index is 8.79. The molecular formula is C16H22N2O. The van der Waals surface area contributed by atoms with Crippen molar-refractivity contribution in [3.05, 3.63) is 53.6 Å². The molecule has 0 spiro atoms. The van der Waals surface area contributed by atoms with E-state index in [1.165, 1.54) is 11.1 Å². The topological polar surface area (TPSA) is 38.0 Å². The molecule has 3 nitrogen and oxygen atoms in total. The molecule has 19 heavy (non-hydrogen) atoms. The SMILES string of the molecule is Cc1ccccc1CCCn1cnc(CCCO)c1. The summed E-state index contributed by atoms with van der Waals surface area (Å²) in [5.41, 5.74) is 3.88. The lowest BCUT2D eigenvalue weighted by Crippen LogP contribution is -1.98. The molecule has 2 rings (SSSR count). The number of nitrogens with zero attached hydrogens (tertiary/aromatic N) is 2. The Hall–Kier alpha value is -1.61. The predicted octanol–water partition coefficient (Wildman–Crippen LogP) is 2.75. The normalized spacial score (nSPS) is 10.8. The Morgan fingerprint density at radius 3 is 2.79 bits per heavy atom. The van der Waals surface area contributed by atoms with E-state index >= 15 is 0 Å². The van der Waals surface area contributed by atoms with Gasteiger partial charge < -0.3 is 9.67 Å². The Morgan fingerprint density at radius 1 is 1.16 bits per heavy atom. The molecule has 0 amide bonds. The second-order valence-electron chi connectivity index (χ2n) is 4.96. The molecule has 0 aliphatic heterocycles. The largest absolute Gasteiger partial charge is 0.396 e. The van der Waals surface area contributed by atoms with E-state index in [4.69, 9.17) is 5.11 Å². The van der Waals surface area contributed by atoms with Crippen molar-refractivity contribution in [3.8, 4) is 0 Å². The molecule has 0 aliphatic rings. The van der Waals surface area contributed by atoms with Crippen LogP contribution in [0.1, 0.15) is 29.7 Å². The first-order valence-electron chi connectivity index (χ1n) is 6.95. The molecule has 0 radical (unpaired) electrons. The molecule has 1 N–H and O–H groups in total. The van der Waals surface area contributed by atoms with Crippen LogP contribution in [0.2, 0.25) is 0 Å². The predicted molar refractivity (Wildman–Crippen MR) is 77.1 cm³/mol. The third-order valence-corrected chi connectivity index (χ3v) is 3.40. The van der Waals surface area contributed by atoms with Crippen molar-refractivity contribution >= 4 is 0 Å². The molecule has 3 heteroatoms. The second-order valence-corrected chi connectivity index (χ2v) is 4.96. The van der Waals surface area contributed by atoms with Gasteiger partial charge in [0.2, 0.25) is 0 Å². The maximum atomic E-state index is 8.79. The van der Waals surface area contributed by atoms with Gasteiger partial charge >= 0.3 is 0 Å². The Morgan fingerprint density at radius 2 is 2.00 bits per heavy atom. The van der Waals surface area contributed by atoms with Crippen molar-refractivity contribution in [2.75, 3.05) is 6.61 Å². The highest BCUT2D eigenvalue weighted by Gasteiger charge is 2.00. The second kappa shape index (κ2) is 7.10. The number of benzene rings is 1. The molecule has 102 valence electrons.